The van der Waals surface area contributed by atoms with Crippen molar-refractivity contribution in [3.63, 3.8) is 0 Å². The maximum Gasteiger partial charge on any atom is 0.255 e. The molecule has 7 heteroatoms. The minimum Gasteiger partial charge on any atom is -0.490 e. The van der Waals surface area contributed by atoms with Gasteiger partial charge in [0.1, 0.15) is 12.4 Å². The van der Waals surface area contributed by atoms with Gasteiger partial charge in [0.15, 0.2) is 0 Å². The lowest BCUT2D eigenvalue weighted by Gasteiger charge is -2.31. The summed E-state index contributed by atoms with van der Waals surface area (Å²) in [6.07, 6.45) is 6.18. The lowest BCUT2D eigenvalue weighted by molar-refractivity contribution is -0.119. The van der Waals surface area contributed by atoms with Gasteiger partial charge in [0.2, 0.25) is 5.91 Å². The topological polar surface area (TPSA) is 72.0 Å². The van der Waals surface area contributed by atoms with Gasteiger partial charge in [0.05, 0.1) is 36.5 Å². The van der Waals surface area contributed by atoms with Crippen LogP contribution in [0.4, 0.5) is 5.69 Å². The van der Waals surface area contributed by atoms with Crippen molar-refractivity contribution in [2.75, 3.05) is 44.4 Å². The Morgan fingerprint density at radius 3 is 2.66 bits per heavy atom. The highest BCUT2D eigenvalue weighted by atomic mass is 16.5. The average molecular weight is 514 g/mol. The number of carbonyl (C=O) groups is 2. The predicted octanol–water partition coefficient (Wildman–Crippen LogP) is 4.80. The number of ether oxygens (including phenoxy) is 2. The smallest absolute Gasteiger partial charge is 0.255 e. The molecule has 1 aliphatic carbocycles. The maximum absolute atomic E-state index is 13.9. The normalized spacial score (nSPS) is 19.6. The van der Waals surface area contributed by atoms with E-state index in [0.29, 0.717) is 51.8 Å². The van der Waals surface area contributed by atoms with E-state index in [-0.39, 0.29) is 11.8 Å². The van der Waals surface area contributed by atoms with Crippen LogP contribution < -0.4 is 9.64 Å². The van der Waals surface area contributed by atoms with Crippen molar-refractivity contribution >= 4 is 28.4 Å². The first-order chi connectivity index (χ1) is 18.7. The van der Waals surface area contributed by atoms with Crippen LogP contribution in [0.25, 0.3) is 10.9 Å². The average Bonchev–Trinajstić information content (AvgIpc) is 2.96. The number of para-hydroxylation sites is 3. The molecule has 0 saturated carbocycles. The Balaban J connectivity index is 1.27. The molecular formula is C31H35N3O4. The van der Waals surface area contributed by atoms with Gasteiger partial charge in [0.25, 0.3) is 5.91 Å². The van der Waals surface area contributed by atoms with Crippen molar-refractivity contribution in [3.8, 4) is 5.75 Å². The Hall–Kier alpha value is -3.45. The van der Waals surface area contributed by atoms with E-state index in [4.69, 9.17) is 14.5 Å². The fourth-order valence-corrected chi connectivity index (χ4v) is 6.15. The van der Waals surface area contributed by atoms with Crippen molar-refractivity contribution < 1.29 is 19.1 Å². The number of hydrogen-bond donors (Lipinski definition) is 0. The molecule has 0 N–H and O–H groups in total. The zero-order valence-corrected chi connectivity index (χ0v) is 21.9. The molecule has 6 rings (SSSR count). The second kappa shape index (κ2) is 11.1. The van der Waals surface area contributed by atoms with Crippen LogP contribution in [-0.2, 0) is 22.4 Å². The standard InChI is InChI=1S/C31H35N3O4/c35-29(34-17-20-38-28-12-6-5-11-27(28)34)14-13-22-7-1-3-10-26-24(21-22)30(23-8-2-4-9-25(23)32-26)31(36)33-15-18-37-19-16-33/h2,4-6,8-9,11-12,22H,1,3,7,10,13-21H2. The van der Waals surface area contributed by atoms with Crippen LogP contribution in [0.1, 0.15) is 53.7 Å². The Labute approximate surface area is 223 Å². The molecular weight excluding hydrogens is 478 g/mol. The van der Waals surface area contributed by atoms with Crippen LogP contribution in [0.3, 0.4) is 0 Å². The molecule has 1 unspecified atom stereocenters. The maximum atomic E-state index is 13.9. The molecule has 1 saturated heterocycles. The second-order valence-electron chi connectivity index (χ2n) is 10.5. The molecule has 2 amide bonds. The Morgan fingerprint density at radius 2 is 1.76 bits per heavy atom. The van der Waals surface area contributed by atoms with E-state index in [9.17, 15) is 9.59 Å². The van der Waals surface area contributed by atoms with E-state index in [2.05, 4.69) is 0 Å². The van der Waals surface area contributed by atoms with Crippen LogP contribution in [0.2, 0.25) is 0 Å². The number of aryl methyl sites for hydroxylation is 1. The molecule has 1 fully saturated rings. The van der Waals surface area contributed by atoms with Crippen LogP contribution in [-0.4, -0.2) is 61.2 Å². The third kappa shape index (κ3) is 4.99. The number of fused-ring (bicyclic) bond motifs is 3. The molecule has 2 aliphatic heterocycles. The Bertz CT molecular complexity index is 1330. The lowest BCUT2D eigenvalue weighted by Crippen LogP contribution is -2.41. The van der Waals surface area contributed by atoms with Crippen LogP contribution in [0, 0.1) is 5.92 Å². The second-order valence-corrected chi connectivity index (χ2v) is 10.5. The van der Waals surface area contributed by atoms with Gasteiger partial charge in [-0.3, -0.25) is 14.6 Å². The molecule has 3 heterocycles. The monoisotopic (exact) mass is 513 g/mol. The first kappa shape index (κ1) is 24.9. The Morgan fingerprint density at radius 1 is 0.947 bits per heavy atom. The highest BCUT2D eigenvalue weighted by Gasteiger charge is 2.29. The first-order valence-corrected chi connectivity index (χ1v) is 14.0. The predicted molar refractivity (Wildman–Crippen MR) is 147 cm³/mol. The Kier molecular flexibility index (Phi) is 7.27. The largest absolute Gasteiger partial charge is 0.490 e. The van der Waals surface area contributed by atoms with Crippen LogP contribution in [0.15, 0.2) is 48.5 Å². The molecule has 1 aromatic heterocycles. The number of rotatable bonds is 4. The molecule has 198 valence electrons. The summed E-state index contributed by atoms with van der Waals surface area (Å²) in [5.41, 5.74) is 4.71. The quantitative estimate of drug-likeness (QED) is 0.501. The fourth-order valence-electron chi connectivity index (χ4n) is 6.15. The SMILES string of the molecule is O=C(c1c2c(nc3ccccc13)CCCCC(CCC(=O)N1CCOc3ccccc31)C2)N1CCOCC1. The molecule has 1 atom stereocenters. The minimum atomic E-state index is 0.0865. The van der Waals surface area contributed by atoms with Gasteiger partial charge in [-0.15, -0.1) is 0 Å². The van der Waals surface area contributed by atoms with Gasteiger partial charge < -0.3 is 19.3 Å². The molecule has 3 aromatic rings. The molecule has 38 heavy (non-hydrogen) atoms. The van der Waals surface area contributed by atoms with Crippen LogP contribution in [0.5, 0.6) is 5.75 Å². The molecule has 0 spiro atoms. The van der Waals surface area contributed by atoms with Crippen molar-refractivity contribution in [2.24, 2.45) is 5.92 Å². The van der Waals surface area contributed by atoms with E-state index in [1.165, 1.54) is 0 Å². The molecule has 2 aromatic carbocycles. The van der Waals surface area contributed by atoms with Gasteiger partial charge in [0, 0.05) is 30.6 Å². The van der Waals surface area contributed by atoms with Gasteiger partial charge in [-0.1, -0.05) is 43.2 Å². The zero-order valence-electron chi connectivity index (χ0n) is 21.9. The number of aromatic nitrogens is 1. The third-order valence-corrected chi connectivity index (χ3v) is 8.16. The third-order valence-electron chi connectivity index (χ3n) is 8.16. The van der Waals surface area contributed by atoms with Gasteiger partial charge >= 0.3 is 0 Å². The van der Waals surface area contributed by atoms with Gasteiger partial charge in [-0.25, -0.2) is 0 Å². The van der Waals surface area contributed by atoms with Crippen molar-refractivity contribution in [2.45, 2.75) is 44.9 Å². The lowest BCUT2D eigenvalue weighted by atomic mass is 9.83. The number of pyridine rings is 1. The molecule has 7 nitrogen and oxygen atoms in total. The van der Waals surface area contributed by atoms with E-state index in [1.54, 1.807) is 0 Å². The zero-order chi connectivity index (χ0) is 25.9. The summed E-state index contributed by atoms with van der Waals surface area (Å²) in [6.45, 7) is 3.48. The molecule has 3 aliphatic rings. The summed E-state index contributed by atoms with van der Waals surface area (Å²) in [4.78, 5) is 36.1. The number of nitrogens with zero attached hydrogens (tertiary/aromatic N) is 3. The van der Waals surface area contributed by atoms with E-state index in [1.807, 2.05) is 58.3 Å². The summed E-state index contributed by atoms with van der Waals surface area (Å²) in [6, 6.07) is 15.8. The van der Waals surface area contributed by atoms with E-state index >= 15 is 0 Å². The van der Waals surface area contributed by atoms with Crippen LogP contribution >= 0.6 is 0 Å². The van der Waals surface area contributed by atoms with Crippen molar-refractivity contribution in [1.29, 1.82) is 0 Å². The number of amides is 2. The molecule has 0 bridgehead atoms. The summed E-state index contributed by atoms with van der Waals surface area (Å²) < 4.78 is 11.3. The number of carbonyl (C=O) groups excluding carboxylic acids is 2. The number of benzene rings is 2. The summed E-state index contributed by atoms with van der Waals surface area (Å²) in [5, 5.41) is 0.933. The van der Waals surface area contributed by atoms with Crippen molar-refractivity contribution in [1.82, 2.24) is 9.88 Å². The first-order valence-electron chi connectivity index (χ1n) is 14.0. The van der Waals surface area contributed by atoms with Crippen molar-refractivity contribution in [3.05, 3.63) is 65.4 Å². The minimum absolute atomic E-state index is 0.0865. The van der Waals surface area contributed by atoms with Gasteiger partial charge in [-0.05, 0) is 55.4 Å². The summed E-state index contributed by atoms with van der Waals surface area (Å²) in [7, 11) is 0. The van der Waals surface area contributed by atoms with Gasteiger partial charge in [-0.2, -0.15) is 0 Å². The highest BCUT2D eigenvalue weighted by Crippen LogP contribution is 2.35. The fraction of sp³-hybridized carbons (Fsp3) is 0.452. The van der Waals surface area contributed by atoms with E-state index in [0.717, 1.165) is 77.7 Å². The number of morpholine rings is 1. The molecule has 0 radical (unpaired) electrons. The highest BCUT2D eigenvalue weighted by molar-refractivity contribution is 6.07. The summed E-state index contributed by atoms with van der Waals surface area (Å²) in [5.74, 6) is 1.33. The number of anilines is 1. The summed E-state index contributed by atoms with van der Waals surface area (Å²) >= 11 is 0. The van der Waals surface area contributed by atoms with E-state index < -0.39 is 0 Å². The number of hydrogen-bond acceptors (Lipinski definition) is 5.